The van der Waals surface area contributed by atoms with Crippen LogP contribution in [-0.2, 0) is 12.8 Å². The highest BCUT2D eigenvalue weighted by Gasteiger charge is 2.19. The minimum Gasteiger partial charge on any atom is -0.481 e. The third-order valence-corrected chi connectivity index (χ3v) is 4.06. The quantitative estimate of drug-likeness (QED) is 0.785. The fourth-order valence-corrected chi connectivity index (χ4v) is 2.78. The van der Waals surface area contributed by atoms with Crippen molar-refractivity contribution >= 4 is 11.7 Å². The number of anilines is 1. The summed E-state index contributed by atoms with van der Waals surface area (Å²) in [4.78, 5) is 16.2. The molecule has 1 atom stereocenters. The zero-order valence-electron chi connectivity index (χ0n) is 13.7. The van der Waals surface area contributed by atoms with E-state index >= 15 is 0 Å². The van der Waals surface area contributed by atoms with E-state index in [1.165, 1.54) is 5.56 Å². The molecule has 1 unspecified atom stereocenters. The molecule has 126 valence electrons. The summed E-state index contributed by atoms with van der Waals surface area (Å²) in [5.74, 6) is 0.592. The number of nitrogens with one attached hydrogen (secondary N) is 3. The number of carbonyl (C=O) groups excluding carboxylic acids is 1. The van der Waals surface area contributed by atoms with Gasteiger partial charge in [-0.1, -0.05) is 24.3 Å². The second-order valence-corrected chi connectivity index (χ2v) is 5.80. The molecule has 1 aromatic carbocycles. The number of pyridine rings is 1. The van der Waals surface area contributed by atoms with Crippen molar-refractivity contribution in [2.24, 2.45) is 0 Å². The molecule has 6 heteroatoms. The Balaban J connectivity index is 1.41. The van der Waals surface area contributed by atoms with E-state index in [9.17, 15) is 4.79 Å². The number of nitrogens with zero attached hydrogens (tertiary/aromatic N) is 1. The highest BCUT2D eigenvalue weighted by atomic mass is 16.5. The Morgan fingerprint density at radius 1 is 1.33 bits per heavy atom. The van der Waals surface area contributed by atoms with Crippen molar-refractivity contribution in [3.8, 4) is 5.88 Å². The third kappa shape index (κ3) is 4.16. The van der Waals surface area contributed by atoms with Crippen molar-refractivity contribution in [1.82, 2.24) is 15.6 Å². The van der Waals surface area contributed by atoms with Crippen LogP contribution in [0.4, 0.5) is 10.5 Å². The lowest BCUT2D eigenvalue weighted by atomic mass is 10.00. The average molecular weight is 326 g/mol. The lowest BCUT2D eigenvalue weighted by molar-refractivity contribution is 0.237. The molecule has 0 aliphatic carbocycles. The summed E-state index contributed by atoms with van der Waals surface area (Å²) in [6, 6.07) is 11.9. The molecule has 3 N–H and O–H groups in total. The molecule has 2 heterocycles. The van der Waals surface area contributed by atoms with Crippen LogP contribution in [0.2, 0.25) is 0 Å². The molecule has 0 saturated carbocycles. The Labute approximate surface area is 141 Å². The second-order valence-electron chi connectivity index (χ2n) is 5.80. The number of fused-ring (bicyclic) bond motifs is 1. The van der Waals surface area contributed by atoms with Gasteiger partial charge in [0.2, 0.25) is 5.88 Å². The highest BCUT2D eigenvalue weighted by Crippen LogP contribution is 2.20. The van der Waals surface area contributed by atoms with E-state index in [-0.39, 0.29) is 12.1 Å². The maximum Gasteiger partial charge on any atom is 0.315 e. The van der Waals surface area contributed by atoms with Crippen molar-refractivity contribution in [3.05, 3.63) is 53.7 Å². The van der Waals surface area contributed by atoms with Gasteiger partial charge in [0.05, 0.1) is 13.2 Å². The van der Waals surface area contributed by atoms with Gasteiger partial charge in [-0.05, 0) is 30.0 Å². The summed E-state index contributed by atoms with van der Waals surface area (Å²) in [5, 5.41) is 9.26. The molecule has 0 bridgehead atoms. The van der Waals surface area contributed by atoms with Gasteiger partial charge in [0.1, 0.15) is 0 Å². The van der Waals surface area contributed by atoms with E-state index < -0.39 is 0 Å². The monoisotopic (exact) mass is 326 g/mol. The molecule has 3 rings (SSSR count). The molecule has 0 fully saturated rings. The Hall–Kier alpha value is -2.76. The number of rotatable bonds is 5. The van der Waals surface area contributed by atoms with Crippen LogP contribution in [0.1, 0.15) is 11.1 Å². The highest BCUT2D eigenvalue weighted by molar-refractivity contribution is 5.74. The van der Waals surface area contributed by atoms with Crippen molar-refractivity contribution < 1.29 is 9.53 Å². The van der Waals surface area contributed by atoms with Gasteiger partial charge in [-0.15, -0.1) is 0 Å². The molecule has 0 spiro atoms. The van der Waals surface area contributed by atoms with Gasteiger partial charge in [-0.2, -0.15) is 0 Å². The molecule has 1 aromatic heterocycles. The maximum absolute atomic E-state index is 12.0. The molecule has 0 saturated heterocycles. The standard InChI is InChI=1S/C18H22N4O2/c1-24-17-7-6-13(11-21-17)8-9-19-18(23)22-15-10-14-4-2-3-5-16(14)20-12-15/h2-7,11,15,20H,8-10,12H2,1H3,(H2,19,22,23). The van der Waals surface area contributed by atoms with Gasteiger partial charge >= 0.3 is 6.03 Å². The minimum atomic E-state index is -0.136. The van der Waals surface area contributed by atoms with Crippen LogP contribution < -0.4 is 20.7 Å². The van der Waals surface area contributed by atoms with Crippen molar-refractivity contribution in [2.75, 3.05) is 25.5 Å². The van der Waals surface area contributed by atoms with Crippen LogP contribution >= 0.6 is 0 Å². The normalized spacial score (nSPS) is 15.8. The third-order valence-electron chi connectivity index (χ3n) is 4.06. The zero-order chi connectivity index (χ0) is 16.8. The summed E-state index contributed by atoms with van der Waals surface area (Å²) < 4.78 is 5.02. The summed E-state index contributed by atoms with van der Waals surface area (Å²) in [6.45, 7) is 1.31. The number of para-hydroxylation sites is 1. The first-order valence-corrected chi connectivity index (χ1v) is 8.09. The number of hydrogen-bond donors (Lipinski definition) is 3. The molecule has 2 amide bonds. The van der Waals surface area contributed by atoms with E-state index in [4.69, 9.17) is 4.74 Å². The van der Waals surface area contributed by atoms with E-state index in [1.54, 1.807) is 13.3 Å². The molecule has 24 heavy (non-hydrogen) atoms. The van der Waals surface area contributed by atoms with Crippen LogP contribution in [0, 0.1) is 0 Å². The average Bonchev–Trinajstić information content (AvgIpc) is 2.62. The predicted molar refractivity (Wildman–Crippen MR) is 93.5 cm³/mol. The number of methoxy groups -OCH3 is 1. The minimum absolute atomic E-state index is 0.0996. The SMILES string of the molecule is COc1ccc(CCNC(=O)NC2CNc3ccccc3C2)cn1. The number of carbonyl (C=O) groups is 1. The smallest absolute Gasteiger partial charge is 0.315 e. The van der Waals surface area contributed by atoms with Gasteiger partial charge in [0.25, 0.3) is 0 Å². The summed E-state index contributed by atoms with van der Waals surface area (Å²) in [5.41, 5.74) is 3.45. The fourth-order valence-electron chi connectivity index (χ4n) is 2.78. The first-order valence-electron chi connectivity index (χ1n) is 8.09. The van der Waals surface area contributed by atoms with Crippen LogP contribution in [0.5, 0.6) is 5.88 Å². The van der Waals surface area contributed by atoms with Gasteiger partial charge in [-0.25, -0.2) is 9.78 Å². The Kier molecular flexibility index (Phi) is 5.15. The van der Waals surface area contributed by atoms with Crippen molar-refractivity contribution in [3.63, 3.8) is 0 Å². The lowest BCUT2D eigenvalue weighted by Gasteiger charge is -2.26. The molecular formula is C18H22N4O2. The summed E-state index contributed by atoms with van der Waals surface area (Å²) in [7, 11) is 1.59. The first kappa shape index (κ1) is 16.1. The fraction of sp³-hybridized carbons (Fsp3) is 0.333. The zero-order valence-corrected chi connectivity index (χ0v) is 13.7. The van der Waals surface area contributed by atoms with Gasteiger partial charge in [-0.3, -0.25) is 0 Å². The Bertz CT molecular complexity index is 688. The molecule has 2 aromatic rings. The maximum atomic E-state index is 12.0. The van der Waals surface area contributed by atoms with Gasteiger partial charge in [0.15, 0.2) is 0 Å². The summed E-state index contributed by atoms with van der Waals surface area (Å²) >= 11 is 0. The van der Waals surface area contributed by atoms with Crippen LogP contribution in [-0.4, -0.2) is 37.3 Å². The lowest BCUT2D eigenvalue weighted by Crippen LogP contribution is -2.48. The molecule has 1 aliphatic rings. The number of benzene rings is 1. The number of ether oxygens (including phenoxy) is 1. The predicted octanol–water partition coefficient (Wildman–Crippen LogP) is 1.97. The van der Waals surface area contributed by atoms with Crippen molar-refractivity contribution in [1.29, 1.82) is 0 Å². The topological polar surface area (TPSA) is 75.3 Å². The van der Waals surface area contributed by atoms with Crippen LogP contribution in [0.25, 0.3) is 0 Å². The van der Waals surface area contributed by atoms with E-state index in [0.29, 0.717) is 12.4 Å². The van der Waals surface area contributed by atoms with Gasteiger partial charge in [0, 0.05) is 31.0 Å². The van der Waals surface area contributed by atoms with Crippen LogP contribution in [0.15, 0.2) is 42.6 Å². The van der Waals surface area contributed by atoms with Crippen LogP contribution in [0.3, 0.4) is 0 Å². The number of amides is 2. The van der Waals surface area contributed by atoms with E-state index in [1.807, 2.05) is 24.3 Å². The second kappa shape index (κ2) is 7.68. The number of hydrogen-bond acceptors (Lipinski definition) is 4. The molecular weight excluding hydrogens is 304 g/mol. The van der Waals surface area contributed by atoms with E-state index in [2.05, 4.69) is 33.1 Å². The Morgan fingerprint density at radius 3 is 3.00 bits per heavy atom. The Morgan fingerprint density at radius 2 is 2.21 bits per heavy atom. The largest absolute Gasteiger partial charge is 0.481 e. The number of urea groups is 1. The first-order chi connectivity index (χ1) is 11.7. The van der Waals surface area contributed by atoms with Crippen molar-refractivity contribution in [2.45, 2.75) is 18.9 Å². The molecule has 1 aliphatic heterocycles. The summed E-state index contributed by atoms with van der Waals surface area (Å²) in [6.07, 6.45) is 3.34. The molecule has 0 radical (unpaired) electrons. The number of aromatic nitrogens is 1. The molecule has 6 nitrogen and oxygen atoms in total. The van der Waals surface area contributed by atoms with E-state index in [0.717, 1.165) is 30.6 Å². The van der Waals surface area contributed by atoms with Gasteiger partial charge < -0.3 is 20.7 Å².